The highest BCUT2D eigenvalue weighted by Crippen LogP contribution is 2.36. The largest absolute Gasteiger partial charge is 0.362 e. The average Bonchev–Trinajstić information content (AvgIpc) is 2.83. The van der Waals surface area contributed by atoms with Gasteiger partial charge in [-0.2, -0.15) is 8.42 Å². The predicted octanol–water partition coefficient (Wildman–Crippen LogP) is -0.560. The summed E-state index contributed by atoms with van der Waals surface area (Å²) in [5.74, 6) is -2.18. The summed E-state index contributed by atoms with van der Waals surface area (Å²) in [7, 11) is -4.64. The second-order valence-corrected chi connectivity index (χ2v) is 6.73. The Morgan fingerprint density at radius 3 is 2.65 bits per heavy atom. The van der Waals surface area contributed by atoms with Crippen molar-refractivity contribution in [1.82, 2.24) is 9.21 Å². The Labute approximate surface area is 131 Å². The van der Waals surface area contributed by atoms with Gasteiger partial charge in [-0.15, -0.1) is 0 Å². The highest BCUT2D eigenvalue weighted by molar-refractivity contribution is 7.84. The van der Waals surface area contributed by atoms with Crippen molar-refractivity contribution >= 4 is 22.1 Å². The number of likely N-dealkylation sites (tertiary alicyclic amines) is 1. The van der Waals surface area contributed by atoms with E-state index in [2.05, 4.69) is 0 Å². The third kappa shape index (κ3) is 2.38. The zero-order chi connectivity index (χ0) is 16.9. The van der Waals surface area contributed by atoms with E-state index in [-0.39, 0.29) is 18.5 Å². The van der Waals surface area contributed by atoms with Crippen molar-refractivity contribution < 1.29 is 27.0 Å². The summed E-state index contributed by atoms with van der Waals surface area (Å²) in [6, 6.07) is 2.47. The maximum Gasteiger partial charge on any atom is 0.362 e. The van der Waals surface area contributed by atoms with Gasteiger partial charge in [-0.3, -0.25) is 14.1 Å². The van der Waals surface area contributed by atoms with E-state index in [9.17, 15) is 22.4 Å². The number of nitrogens with two attached hydrogens (primary N) is 1. The molecule has 0 aromatic heterocycles. The topological polar surface area (TPSA) is 121 Å². The van der Waals surface area contributed by atoms with Crippen LogP contribution in [0.2, 0.25) is 0 Å². The van der Waals surface area contributed by atoms with Crippen LogP contribution in [0.3, 0.4) is 0 Å². The van der Waals surface area contributed by atoms with E-state index in [1.54, 1.807) is 0 Å². The first kappa shape index (κ1) is 15.8. The summed E-state index contributed by atoms with van der Waals surface area (Å²) in [6.45, 7) is 0.105. The fourth-order valence-electron chi connectivity index (χ4n) is 3.10. The van der Waals surface area contributed by atoms with Crippen LogP contribution in [-0.4, -0.2) is 52.6 Å². The molecule has 1 aromatic carbocycles. The first-order valence-electron chi connectivity index (χ1n) is 6.84. The molecule has 1 unspecified atom stereocenters. The van der Waals surface area contributed by atoms with Crippen LogP contribution in [0.25, 0.3) is 0 Å². The molecule has 2 amide bonds. The smallest absolute Gasteiger partial charge is 0.327 e. The van der Waals surface area contributed by atoms with Crippen molar-refractivity contribution in [1.29, 1.82) is 0 Å². The summed E-state index contributed by atoms with van der Waals surface area (Å²) in [6.07, 6.45) is 0.200. The van der Waals surface area contributed by atoms with Crippen molar-refractivity contribution in [2.45, 2.75) is 24.5 Å². The van der Waals surface area contributed by atoms with Gasteiger partial charge in [0.1, 0.15) is 17.9 Å². The van der Waals surface area contributed by atoms with Crippen LogP contribution in [0, 0.1) is 5.82 Å². The molecular formula is C13H14FN3O5S. The van der Waals surface area contributed by atoms with Gasteiger partial charge in [0, 0.05) is 12.1 Å². The molecule has 10 heteroatoms. The molecule has 0 spiro atoms. The zero-order valence-corrected chi connectivity index (χ0v) is 12.6. The van der Waals surface area contributed by atoms with Crippen LogP contribution in [0.1, 0.15) is 18.0 Å². The number of carbonyl (C=O) groups is 2. The lowest BCUT2D eigenvalue weighted by Gasteiger charge is -2.42. The molecule has 2 aliphatic heterocycles. The molecule has 0 radical (unpaired) electrons. The molecule has 3 rings (SSSR count). The zero-order valence-electron chi connectivity index (χ0n) is 11.8. The van der Waals surface area contributed by atoms with Crippen molar-refractivity contribution in [3.05, 3.63) is 35.6 Å². The molecule has 3 atom stereocenters. The SMILES string of the molecule is NC(C(=O)N1CC[C@@H]2[C@H]1C(=O)N2S(=O)(=O)O)c1ccccc1F. The number of fused-ring (bicyclic) bond motifs is 1. The van der Waals surface area contributed by atoms with Crippen molar-refractivity contribution in [2.24, 2.45) is 5.73 Å². The van der Waals surface area contributed by atoms with Crippen LogP contribution < -0.4 is 5.73 Å². The van der Waals surface area contributed by atoms with E-state index < -0.39 is 46.1 Å². The van der Waals surface area contributed by atoms with E-state index in [4.69, 9.17) is 10.3 Å². The van der Waals surface area contributed by atoms with Crippen LogP contribution in [0.15, 0.2) is 24.3 Å². The van der Waals surface area contributed by atoms with Gasteiger partial charge in [0.2, 0.25) is 5.91 Å². The fraction of sp³-hybridized carbons (Fsp3) is 0.385. The molecule has 124 valence electrons. The lowest BCUT2D eigenvalue weighted by atomic mass is 9.99. The highest BCUT2D eigenvalue weighted by Gasteiger charge is 2.60. The molecule has 2 fully saturated rings. The second kappa shape index (κ2) is 5.25. The Balaban J connectivity index is 1.81. The van der Waals surface area contributed by atoms with Crippen molar-refractivity contribution in [3.63, 3.8) is 0 Å². The lowest BCUT2D eigenvalue weighted by molar-refractivity contribution is -0.152. The van der Waals surface area contributed by atoms with Gasteiger partial charge in [0.25, 0.3) is 5.91 Å². The molecule has 23 heavy (non-hydrogen) atoms. The number of hydrogen-bond acceptors (Lipinski definition) is 5. The van der Waals surface area contributed by atoms with Gasteiger partial charge < -0.3 is 10.6 Å². The Morgan fingerprint density at radius 2 is 2.04 bits per heavy atom. The Bertz CT molecular complexity index is 784. The number of halogens is 1. The summed E-state index contributed by atoms with van der Waals surface area (Å²) >= 11 is 0. The number of β-lactam (4-membered cyclic amide) rings is 1. The third-order valence-corrected chi connectivity index (χ3v) is 5.12. The molecule has 0 saturated carbocycles. The minimum atomic E-state index is -4.64. The maximum atomic E-state index is 13.7. The summed E-state index contributed by atoms with van der Waals surface area (Å²) < 4.78 is 45.3. The molecule has 3 N–H and O–H groups in total. The molecule has 0 bridgehead atoms. The molecule has 2 aliphatic rings. The Morgan fingerprint density at radius 1 is 1.39 bits per heavy atom. The lowest BCUT2D eigenvalue weighted by Crippen LogP contribution is -2.68. The monoisotopic (exact) mass is 343 g/mol. The number of rotatable bonds is 3. The van der Waals surface area contributed by atoms with Gasteiger partial charge in [-0.25, -0.2) is 8.70 Å². The number of nitrogens with zero attached hydrogens (tertiary/aromatic N) is 2. The Hall–Kier alpha value is -2.04. The molecule has 2 heterocycles. The molecule has 8 nitrogen and oxygen atoms in total. The van der Waals surface area contributed by atoms with Crippen LogP contribution in [0.5, 0.6) is 0 Å². The summed E-state index contributed by atoms with van der Waals surface area (Å²) in [5, 5.41) is 0. The first-order chi connectivity index (χ1) is 10.7. The van der Waals surface area contributed by atoms with E-state index in [1.165, 1.54) is 24.3 Å². The van der Waals surface area contributed by atoms with Gasteiger partial charge in [-0.1, -0.05) is 18.2 Å². The minimum Gasteiger partial charge on any atom is -0.327 e. The standard InChI is InChI=1S/C13H14FN3O5S/c14-8-4-2-1-3-7(8)10(15)12(18)16-6-5-9-11(16)13(19)17(9)23(20,21)22/h1-4,9-11H,5-6,15H2,(H,20,21,22)/t9-,10?,11+/m1/s1. The Kier molecular flexibility index (Phi) is 3.62. The van der Waals surface area contributed by atoms with Crippen LogP contribution >= 0.6 is 0 Å². The number of benzene rings is 1. The van der Waals surface area contributed by atoms with Crippen molar-refractivity contribution in [2.75, 3.05) is 6.54 Å². The van der Waals surface area contributed by atoms with Crippen molar-refractivity contribution in [3.8, 4) is 0 Å². The third-order valence-electron chi connectivity index (χ3n) is 4.18. The summed E-state index contributed by atoms with van der Waals surface area (Å²) in [4.78, 5) is 25.5. The van der Waals surface area contributed by atoms with Gasteiger partial charge in [-0.05, 0) is 12.5 Å². The van der Waals surface area contributed by atoms with E-state index in [1.807, 2.05) is 0 Å². The molecule has 1 aromatic rings. The first-order valence-corrected chi connectivity index (χ1v) is 8.24. The predicted molar refractivity (Wildman–Crippen MR) is 75.6 cm³/mol. The van der Waals surface area contributed by atoms with E-state index in [0.29, 0.717) is 4.31 Å². The number of amides is 2. The molecular weight excluding hydrogens is 329 g/mol. The fourth-order valence-corrected chi connectivity index (χ4v) is 4.00. The quantitative estimate of drug-likeness (QED) is 0.560. The minimum absolute atomic E-state index is 0.000594. The maximum absolute atomic E-state index is 13.7. The summed E-state index contributed by atoms with van der Waals surface area (Å²) in [5.41, 5.74) is 5.79. The normalized spacial score (nSPS) is 25.1. The van der Waals surface area contributed by atoms with E-state index >= 15 is 0 Å². The van der Waals surface area contributed by atoms with Gasteiger partial charge in [0.15, 0.2) is 0 Å². The molecule has 0 aliphatic carbocycles. The average molecular weight is 343 g/mol. The number of carbonyl (C=O) groups excluding carboxylic acids is 2. The van der Waals surface area contributed by atoms with Crippen LogP contribution in [-0.2, 0) is 19.9 Å². The van der Waals surface area contributed by atoms with E-state index in [0.717, 1.165) is 4.90 Å². The highest BCUT2D eigenvalue weighted by atomic mass is 32.2. The molecule has 2 saturated heterocycles. The van der Waals surface area contributed by atoms with Gasteiger partial charge >= 0.3 is 10.3 Å². The van der Waals surface area contributed by atoms with Crippen LogP contribution in [0.4, 0.5) is 4.39 Å². The second-order valence-electron chi connectivity index (χ2n) is 5.44. The van der Waals surface area contributed by atoms with Gasteiger partial charge in [0.05, 0.1) is 6.04 Å². The number of hydrogen-bond donors (Lipinski definition) is 2.